The molecule has 0 bridgehead atoms. The first kappa shape index (κ1) is 12.4. The van der Waals surface area contributed by atoms with Crippen LogP contribution in [0.2, 0.25) is 0 Å². The Morgan fingerprint density at radius 2 is 1.83 bits per heavy atom. The fourth-order valence-corrected chi connectivity index (χ4v) is 1.92. The number of amides is 1. The van der Waals surface area contributed by atoms with Gasteiger partial charge in [0.05, 0.1) is 5.56 Å². The van der Waals surface area contributed by atoms with Crippen LogP contribution in [0.25, 0.3) is 11.0 Å². The molecule has 0 saturated heterocycles. The Morgan fingerprint density at radius 3 is 2.50 bits per heavy atom. The molecule has 0 spiro atoms. The van der Waals surface area contributed by atoms with Crippen LogP contribution < -0.4 is 0 Å². The molecule has 1 aromatic carbocycles. The average Bonchev–Trinajstić information content (AvgIpc) is 2.83. The van der Waals surface area contributed by atoms with Crippen LogP contribution in [-0.4, -0.2) is 29.7 Å². The average molecular weight is 245 g/mol. The number of benzene rings is 1. The quantitative estimate of drug-likeness (QED) is 0.614. The topological polar surface area (TPSA) is 50.5 Å². The van der Waals surface area contributed by atoms with Crippen LogP contribution in [0.3, 0.4) is 0 Å². The number of para-hydroxylation sites is 1. The molecule has 0 N–H and O–H groups in total. The molecule has 0 fully saturated rings. The first-order valence-corrected chi connectivity index (χ1v) is 5.98. The Kier molecular flexibility index (Phi) is 3.46. The van der Waals surface area contributed by atoms with Crippen LogP contribution in [0, 0.1) is 0 Å². The molecular formula is C14H15NO3. The molecule has 4 nitrogen and oxygen atoms in total. The first-order valence-electron chi connectivity index (χ1n) is 5.98. The molecular weight excluding hydrogens is 230 g/mol. The standard InChI is InChI=1S/C14H15NO3/c1-3-15(4-2)14(17)13(16)11-9-18-12-8-6-5-7-10(11)12/h5-9H,3-4H2,1-2H3. The van der Waals surface area contributed by atoms with E-state index >= 15 is 0 Å². The number of carbonyl (C=O) groups is 2. The van der Waals surface area contributed by atoms with Crippen LogP contribution in [0.1, 0.15) is 24.2 Å². The van der Waals surface area contributed by atoms with Crippen molar-refractivity contribution in [2.75, 3.05) is 13.1 Å². The van der Waals surface area contributed by atoms with Gasteiger partial charge in [-0.3, -0.25) is 9.59 Å². The lowest BCUT2D eigenvalue weighted by Crippen LogP contribution is -2.36. The van der Waals surface area contributed by atoms with E-state index in [1.165, 1.54) is 11.2 Å². The van der Waals surface area contributed by atoms with E-state index in [1.807, 2.05) is 26.0 Å². The summed E-state index contributed by atoms with van der Waals surface area (Å²) >= 11 is 0. The molecule has 0 aliphatic rings. The molecule has 2 rings (SSSR count). The number of Topliss-reactive ketones (excluding diaryl/α,β-unsaturated/α-hetero) is 1. The summed E-state index contributed by atoms with van der Waals surface area (Å²) < 4.78 is 5.28. The summed E-state index contributed by atoms with van der Waals surface area (Å²) in [5.41, 5.74) is 0.954. The van der Waals surface area contributed by atoms with Gasteiger partial charge in [-0.25, -0.2) is 0 Å². The highest BCUT2D eigenvalue weighted by molar-refractivity contribution is 6.44. The Morgan fingerprint density at radius 1 is 1.17 bits per heavy atom. The van der Waals surface area contributed by atoms with Crippen molar-refractivity contribution in [1.82, 2.24) is 4.90 Å². The summed E-state index contributed by atoms with van der Waals surface area (Å²) in [7, 11) is 0. The molecule has 4 heteroatoms. The highest BCUT2D eigenvalue weighted by atomic mass is 16.3. The van der Waals surface area contributed by atoms with Crippen molar-refractivity contribution in [3.63, 3.8) is 0 Å². The largest absolute Gasteiger partial charge is 0.464 e. The van der Waals surface area contributed by atoms with Gasteiger partial charge in [-0.15, -0.1) is 0 Å². The molecule has 0 aliphatic carbocycles. The van der Waals surface area contributed by atoms with Crippen molar-refractivity contribution in [2.24, 2.45) is 0 Å². The molecule has 1 heterocycles. The second kappa shape index (κ2) is 5.04. The van der Waals surface area contributed by atoms with Crippen molar-refractivity contribution >= 4 is 22.7 Å². The molecule has 1 amide bonds. The highest BCUT2D eigenvalue weighted by Crippen LogP contribution is 2.21. The van der Waals surface area contributed by atoms with Gasteiger partial charge in [-0.1, -0.05) is 18.2 Å². The number of hydrogen-bond donors (Lipinski definition) is 0. The molecule has 18 heavy (non-hydrogen) atoms. The van der Waals surface area contributed by atoms with Crippen molar-refractivity contribution < 1.29 is 14.0 Å². The van der Waals surface area contributed by atoms with Crippen molar-refractivity contribution in [2.45, 2.75) is 13.8 Å². The summed E-state index contributed by atoms with van der Waals surface area (Å²) in [5, 5.41) is 0.683. The fraction of sp³-hybridized carbons (Fsp3) is 0.286. The van der Waals surface area contributed by atoms with Crippen LogP contribution in [0.5, 0.6) is 0 Å². The van der Waals surface area contributed by atoms with Gasteiger partial charge in [0.25, 0.3) is 11.7 Å². The summed E-state index contributed by atoms with van der Waals surface area (Å²) in [6.45, 7) is 4.75. The molecule has 0 atom stereocenters. The van der Waals surface area contributed by atoms with Crippen LogP contribution in [0.15, 0.2) is 34.9 Å². The van der Waals surface area contributed by atoms with Crippen LogP contribution in [-0.2, 0) is 4.79 Å². The van der Waals surface area contributed by atoms with Gasteiger partial charge >= 0.3 is 0 Å². The van der Waals surface area contributed by atoms with Crippen molar-refractivity contribution in [1.29, 1.82) is 0 Å². The zero-order valence-corrected chi connectivity index (χ0v) is 10.5. The minimum absolute atomic E-state index is 0.336. The summed E-state index contributed by atoms with van der Waals surface area (Å²) in [6.07, 6.45) is 1.36. The number of carbonyl (C=O) groups excluding carboxylic acids is 2. The Bertz CT molecular complexity index is 581. The van der Waals surface area contributed by atoms with E-state index in [1.54, 1.807) is 12.1 Å². The lowest BCUT2D eigenvalue weighted by atomic mass is 10.1. The lowest BCUT2D eigenvalue weighted by Gasteiger charge is -2.16. The number of fused-ring (bicyclic) bond motifs is 1. The van der Waals surface area contributed by atoms with E-state index in [4.69, 9.17) is 4.42 Å². The van der Waals surface area contributed by atoms with Gasteiger partial charge in [0.15, 0.2) is 0 Å². The fourth-order valence-electron chi connectivity index (χ4n) is 1.92. The van der Waals surface area contributed by atoms with E-state index < -0.39 is 11.7 Å². The lowest BCUT2D eigenvalue weighted by molar-refractivity contribution is -0.126. The van der Waals surface area contributed by atoms with E-state index in [9.17, 15) is 9.59 Å². The van der Waals surface area contributed by atoms with Gasteiger partial charge in [0.1, 0.15) is 11.8 Å². The van der Waals surface area contributed by atoms with Crippen LogP contribution >= 0.6 is 0 Å². The highest BCUT2D eigenvalue weighted by Gasteiger charge is 2.24. The zero-order valence-electron chi connectivity index (χ0n) is 10.5. The third-order valence-electron chi connectivity index (χ3n) is 2.97. The summed E-state index contributed by atoms with van der Waals surface area (Å²) in [4.78, 5) is 25.6. The van der Waals surface area contributed by atoms with E-state index in [2.05, 4.69) is 0 Å². The van der Waals surface area contributed by atoms with Crippen LogP contribution in [0.4, 0.5) is 0 Å². The number of likely N-dealkylation sites (N-methyl/N-ethyl adjacent to an activating group) is 1. The van der Waals surface area contributed by atoms with E-state index in [0.29, 0.717) is 29.6 Å². The van der Waals surface area contributed by atoms with Gasteiger partial charge in [0, 0.05) is 18.5 Å². The van der Waals surface area contributed by atoms with E-state index in [0.717, 1.165) is 0 Å². The first-order chi connectivity index (χ1) is 8.69. The predicted octanol–water partition coefficient (Wildman–Crippen LogP) is 2.48. The summed E-state index contributed by atoms with van der Waals surface area (Å²) in [5.74, 6) is -0.991. The third-order valence-corrected chi connectivity index (χ3v) is 2.97. The smallest absolute Gasteiger partial charge is 0.295 e. The monoisotopic (exact) mass is 245 g/mol. The number of nitrogens with zero attached hydrogens (tertiary/aromatic N) is 1. The Hall–Kier alpha value is -2.10. The molecule has 94 valence electrons. The molecule has 0 saturated carbocycles. The third kappa shape index (κ3) is 2.01. The maximum atomic E-state index is 12.1. The molecule has 0 aliphatic heterocycles. The molecule has 1 aromatic heterocycles. The minimum atomic E-state index is -0.511. The minimum Gasteiger partial charge on any atom is -0.464 e. The molecule has 0 unspecified atom stereocenters. The number of ketones is 1. The summed E-state index contributed by atoms with van der Waals surface area (Å²) in [6, 6.07) is 7.19. The normalized spacial score (nSPS) is 10.6. The maximum Gasteiger partial charge on any atom is 0.295 e. The molecule has 0 radical (unpaired) electrons. The van der Waals surface area contributed by atoms with Crippen molar-refractivity contribution in [3.8, 4) is 0 Å². The van der Waals surface area contributed by atoms with Gasteiger partial charge < -0.3 is 9.32 Å². The van der Waals surface area contributed by atoms with E-state index in [-0.39, 0.29) is 0 Å². The second-order valence-corrected chi connectivity index (χ2v) is 3.95. The Balaban J connectivity index is 2.37. The zero-order chi connectivity index (χ0) is 13.1. The predicted molar refractivity (Wildman–Crippen MR) is 68.5 cm³/mol. The SMILES string of the molecule is CCN(CC)C(=O)C(=O)c1coc2ccccc12. The Labute approximate surface area is 105 Å². The number of hydrogen-bond acceptors (Lipinski definition) is 3. The van der Waals surface area contributed by atoms with Gasteiger partial charge in [0.2, 0.25) is 0 Å². The van der Waals surface area contributed by atoms with Gasteiger partial charge in [-0.05, 0) is 19.9 Å². The number of furan rings is 1. The number of rotatable bonds is 4. The van der Waals surface area contributed by atoms with Crippen molar-refractivity contribution in [3.05, 3.63) is 36.1 Å². The van der Waals surface area contributed by atoms with Gasteiger partial charge in [-0.2, -0.15) is 0 Å². The maximum absolute atomic E-state index is 12.1. The second-order valence-electron chi connectivity index (χ2n) is 3.95. The molecule has 2 aromatic rings.